The highest BCUT2D eigenvalue weighted by Crippen LogP contribution is 2.26. The maximum absolute atomic E-state index is 9.35. The van der Waals surface area contributed by atoms with Crippen LogP contribution in [0.15, 0.2) is 48.5 Å². The molecule has 3 aromatic carbocycles. The molecule has 0 aromatic heterocycles. The van der Waals surface area contributed by atoms with Crippen molar-refractivity contribution in [3.63, 3.8) is 0 Å². The first-order valence-electron chi connectivity index (χ1n) is 4.87. The number of benzene rings is 3. The maximum Gasteiger partial charge on any atom is 0.124 e. The van der Waals surface area contributed by atoms with Crippen LogP contribution in [-0.4, -0.2) is 5.11 Å². The highest BCUT2D eigenvalue weighted by molar-refractivity contribution is 6.07. The normalized spacial score (nSPS) is 10.9. The van der Waals surface area contributed by atoms with E-state index in [9.17, 15) is 5.11 Å². The lowest BCUT2D eigenvalue weighted by Crippen LogP contribution is -1.77. The van der Waals surface area contributed by atoms with Gasteiger partial charge in [-0.2, -0.15) is 0 Å². The van der Waals surface area contributed by atoms with Crippen molar-refractivity contribution in [3.05, 3.63) is 54.6 Å². The molecule has 1 nitrogen and oxygen atoms in total. The van der Waals surface area contributed by atoms with Crippen molar-refractivity contribution >= 4 is 21.5 Å². The van der Waals surface area contributed by atoms with Gasteiger partial charge in [-0.3, -0.25) is 0 Å². The summed E-state index contributed by atoms with van der Waals surface area (Å²) in [6.45, 7) is 0. The summed E-state index contributed by atoms with van der Waals surface area (Å²) in [5.41, 5.74) is 0. The summed E-state index contributed by atoms with van der Waals surface area (Å²) in [5, 5.41) is 13.8. The van der Waals surface area contributed by atoms with Gasteiger partial charge in [0.25, 0.3) is 0 Å². The molecule has 0 saturated heterocycles. The Bertz CT molecular complexity index is 641. The van der Waals surface area contributed by atoms with Crippen LogP contribution in [0.3, 0.4) is 0 Å². The van der Waals surface area contributed by atoms with Gasteiger partial charge in [0.2, 0.25) is 0 Å². The lowest BCUT2D eigenvalue weighted by atomic mass is 10.0. The molecule has 15 heavy (non-hydrogen) atoms. The van der Waals surface area contributed by atoms with Gasteiger partial charge in [0.1, 0.15) is 5.75 Å². The van der Waals surface area contributed by atoms with E-state index < -0.39 is 0 Å². The molecule has 1 heteroatoms. The van der Waals surface area contributed by atoms with E-state index in [4.69, 9.17) is 0 Å². The molecule has 1 radical (unpaired) electrons. The average molecular weight is 193 g/mol. The van der Waals surface area contributed by atoms with Crippen LogP contribution in [0.25, 0.3) is 21.5 Å². The molecular formula is C14H9O. The first-order chi connectivity index (χ1) is 7.34. The maximum atomic E-state index is 9.35. The van der Waals surface area contributed by atoms with E-state index in [-0.39, 0.29) is 5.75 Å². The molecule has 1 N–H and O–H groups in total. The van der Waals surface area contributed by atoms with E-state index in [1.165, 1.54) is 10.8 Å². The molecule has 0 heterocycles. The molecule has 0 unspecified atom stereocenters. The van der Waals surface area contributed by atoms with Gasteiger partial charge in [-0.1, -0.05) is 42.5 Å². The van der Waals surface area contributed by atoms with Crippen molar-refractivity contribution in [2.45, 2.75) is 0 Å². The van der Waals surface area contributed by atoms with Crippen LogP contribution in [0.2, 0.25) is 0 Å². The number of hydrogen-bond donors (Lipinski definition) is 1. The Morgan fingerprint density at radius 2 is 1.67 bits per heavy atom. The Hall–Kier alpha value is -2.02. The third-order valence-corrected chi connectivity index (χ3v) is 2.64. The van der Waals surface area contributed by atoms with Gasteiger partial charge in [-0.15, -0.1) is 0 Å². The average Bonchev–Trinajstić information content (AvgIpc) is 2.28. The fraction of sp³-hybridized carbons (Fsp3) is 0. The van der Waals surface area contributed by atoms with Gasteiger partial charge in [-0.05, 0) is 27.6 Å². The molecule has 0 aliphatic carbocycles. The zero-order valence-corrected chi connectivity index (χ0v) is 8.07. The van der Waals surface area contributed by atoms with Crippen LogP contribution in [0.1, 0.15) is 0 Å². The van der Waals surface area contributed by atoms with Crippen molar-refractivity contribution in [1.29, 1.82) is 0 Å². The number of aromatic hydroxyl groups is 1. The van der Waals surface area contributed by atoms with Gasteiger partial charge in [-0.25, -0.2) is 0 Å². The molecule has 0 fully saturated rings. The van der Waals surface area contributed by atoms with Crippen LogP contribution >= 0.6 is 0 Å². The first-order valence-corrected chi connectivity index (χ1v) is 4.87. The SMILES string of the molecule is Oc1[c]c2ccc3ccccc3c2cc1. The molecule has 0 bridgehead atoms. The summed E-state index contributed by atoms with van der Waals surface area (Å²) < 4.78 is 0. The minimum Gasteiger partial charge on any atom is -0.507 e. The van der Waals surface area contributed by atoms with E-state index >= 15 is 0 Å². The quantitative estimate of drug-likeness (QED) is 0.542. The van der Waals surface area contributed by atoms with Crippen molar-refractivity contribution in [1.82, 2.24) is 0 Å². The standard InChI is InChI=1S/C14H9O/c15-12-7-8-14-11(9-12)6-5-10-3-1-2-4-13(10)14/h1-8,15H. The van der Waals surface area contributed by atoms with Gasteiger partial charge in [0.15, 0.2) is 0 Å². The molecule has 0 saturated carbocycles. The lowest BCUT2D eigenvalue weighted by Gasteiger charge is -2.03. The highest BCUT2D eigenvalue weighted by atomic mass is 16.3. The molecule has 0 spiro atoms. The summed E-state index contributed by atoms with van der Waals surface area (Å²) in [7, 11) is 0. The van der Waals surface area contributed by atoms with Crippen LogP contribution in [0.4, 0.5) is 0 Å². The first kappa shape index (κ1) is 8.30. The fourth-order valence-corrected chi connectivity index (χ4v) is 1.93. The summed E-state index contributed by atoms with van der Waals surface area (Å²) in [5.74, 6) is 0.192. The van der Waals surface area contributed by atoms with Crippen molar-refractivity contribution in [2.24, 2.45) is 0 Å². The van der Waals surface area contributed by atoms with Gasteiger partial charge >= 0.3 is 0 Å². The molecule has 0 aliphatic rings. The summed E-state index contributed by atoms with van der Waals surface area (Å²) in [4.78, 5) is 0. The smallest absolute Gasteiger partial charge is 0.124 e. The predicted molar refractivity (Wildman–Crippen MR) is 62.0 cm³/mol. The third-order valence-electron chi connectivity index (χ3n) is 2.64. The summed E-state index contributed by atoms with van der Waals surface area (Å²) in [6.07, 6.45) is 0. The number of hydrogen-bond acceptors (Lipinski definition) is 1. The number of phenolic OH excluding ortho intramolecular Hbond substituents is 1. The Labute approximate surface area is 87.6 Å². The third kappa shape index (κ3) is 1.24. The van der Waals surface area contributed by atoms with Crippen LogP contribution in [0.5, 0.6) is 5.75 Å². The zero-order chi connectivity index (χ0) is 10.3. The van der Waals surface area contributed by atoms with E-state index in [0.717, 1.165) is 10.8 Å². The van der Waals surface area contributed by atoms with Crippen molar-refractivity contribution in [2.75, 3.05) is 0 Å². The lowest BCUT2D eigenvalue weighted by molar-refractivity contribution is 0.475. The monoisotopic (exact) mass is 193 g/mol. The minimum atomic E-state index is 0.192. The molecule has 71 valence electrons. The Kier molecular flexibility index (Phi) is 1.65. The van der Waals surface area contributed by atoms with Crippen LogP contribution in [-0.2, 0) is 0 Å². The number of phenols is 1. The van der Waals surface area contributed by atoms with Crippen LogP contribution in [0, 0.1) is 6.07 Å². The van der Waals surface area contributed by atoms with Gasteiger partial charge in [0.05, 0.1) is 0 Å². The fourth-order valence-electron chi connectivity index (χ4n) is 1.93. The molecular weight excluding hydrogens is 184 g/mol. The van der Waals surface area contributed by atoms with Gasteiger partial charge in [0, 0.05) is 6.07 Å². The zero-order valence-electron chi connectivity index (χ0n) is 8.07. The molecule has 3 rings (SSSR count). The molecule has 3 aromatic rings. The Morgan fingerprint density at radius 1 is 0.800 bits per heavy atom. The Balaban J connectivity index is 2.55. The van der Waals surface area contributed by atoms with E-state index in [1.807, 2.05) is 30.3 Å². The molecule has 0 aliphatic heterocycles. The molecule has 0 atom stereocenters. The second-order valence-corrected chi connectivity index (χ2v) is 3.59. The minimum absolute atomic E-state index is 0.192. The summed E-state index contributed by atoms with van der Waals surface area (Å²) in [6, 6.07) is 18.8. The second-order valence-electron chi connectivity index (χ2n) is 3.59. The van der Waals surface area contributed by atoms with E-state index in [1.54, 1.807) is 6.07 Å². The largest absolute Gasteiger partial charge is 0.507 e. The van der Waals surface area contributed by atoms with E-state index in [0.29, 0.717) is 0 Å². The van der Waals surface area contributed by atoms with Crippen LogP contribution < -0.4 is 0 Å². The second kappa shape index (κ2) is 2.99. The Morgan fingerprint density at radius 3 is 2.60 bits per heavy atom. The summed E-state index contributed by atoms with van der Waals surface area (Å²) >= 11 is 0. The number of fused-ring (bicyclic) bond motifs is 3. The van der Waals surface area contributed by atoms with E-state index in [2.05, 4.69) is 18.2 Å². The number of rotatable bonds is 0. The van der Waals surface area contributed by atoms with Crippen molar-refractivity contribution < 1.29 is 5.11 Å². The van der Waals surface area contributed by atoms with Gasteiger partial charge < -0.3 is 5.11 Å². The topological polar surface area (TPSA) is 20.2 Å². The molecule has 0 amide bonds. The predicted octanol–water partition coefficient (Wildman–Crippen LogP) is 3.50. The highest BCUT2D eigenvalue weighted by Gasteiger charge is 2.00. The van der Waals surface area contributed by atoms with Crippen molar-refractivity contribution in [3.8, 4) is 5.75 Å².